The largest absolute Gasteiger partial charge is 0.359 e. The van der Waals surface area contributed by atoms with Crippen molar-refractivity contribution in [3.05, 3.63) is 0 Å². The number of nitrogens with zero attached hydrogens (tertiary/aromatic N) is 1. The van der Waals surface area contributed by atoms with Gasteiger partial charge in [0.2, 0.25) is 0 Å². The van der Waals surface area contributed by atoms with Crippen molar-refractivity contribution in [2.75, 3.05) is 5.75 Å². The van der Waals surface area contributed by atoms with Crippen LogP contribution in [0.2, 0.25) is 0 Å². The van der Waals surface area contributed by atoms with Gasteiger partial charge in [-0.3, -0.25) is 4.79 Å². The number of nitrogens with one attached hydrogen (secondary N) is 1. The molecule has 3 nitrogen and oxygen atoms in total. The third-order valence-corrected chi connectivity index (χ3v) is 6.49. The molecule has 0 aromatic carbocycles. The molecule has 1 heterocycles. The summed E-state index contributed by atoms with van der Waals surface area (Å²) in [7, 11) is 0. The van der Waals surface area contributed by atoms with Gasteiger partial charge >= 0.3 is 0 Å². The average molecular weight is 264 g/mol. The van der Waals surface area contributed by atoms with Crippen molar-refractivity contribution >= 4 is 22.8 Å². The van der Waals surface area contributed by atoms with Gasteiger partial charge in [0, 0.05) is 5.54 Å². The zero-order valence-electron chi connectivity index (χ0n) is 10.7. The van der Waals surface area contributed by atoms with Crippen molar-refractivity contribution in [3.8, 4) is 0 Å². The minimum absolute atomic E-state index is 0.0345. The maximum absolute atomic E-state index is 11.3. The summed E-state index contributed by atoms with van der Waals surface area (Å²) in [6.45, 7) is 0. The van der Waals surface area contributed by atoms with E-state index in [0.717, 1.165) is 22.9 Å². The van der Waals surface area contributed by atoms with Crippen LogP contribution in [0, 0.1) is 17.8 Å². The third-order valence-electron chi connectivity index (χ3n) is 5.63. The molecule has 1 amide bonds. The Balaban J connectivity index is 1.62. The van der Waals surface area contributed by atoms with Crippen LogP contribution in [0.4, 0.5) is 0 Å². The standard InChI is InChI=1S/C14H20N2OS/c17-12-8-18-13(15-12)16-14-6-9-2-1-3-11(14)5-4-10(9)7-14/h9-11H,1-8H2,(H,15,16,17). The molecule has 0 aromatic rings. The number of hydrogen-bond acceptors (Lipinski definition) is 3. The van der Waals surface area contributed by atoms with E-state index < -0.39 is 0 Å². The summed E-state index contributed by atoms with van der Waals surface area (Å²) in [6, 6.07) is 0. The summed E-state index contributed by atoms with van der Waals surface area (Å²) in [6.07, 6.45) is 9.71. The molecule has 98 valence electrons. The van der Waals surface area contributed by atoms with Crippen molar-refractivity contribution in [1.29, 1.82) is 0 Å². The van der Waals surface area contributed by atoms with Gasteiger partial charge in [0.25, 0.3) is 5.91 Å². The second kappa shape index (κ2) is 3.99. The topological polar surface area (TPSA) is 41.5 Å². The molecule has 4 unspecified atom stereocenters. The lowest BCUT2D eigenvalue weighted by Gasteiger charge is -2.42. The number of amides is 1. The number of thioether (sulfide) groups is 1. The summed E-state index contributed by atoms with van der Waals surface area (Å²) >= 11 is 1.60. The molecule has 4 rings (SSSR count). The number of amidine groups is 1. The SMILES string of the molecule is O=C1CSC(NC23CC4CCCC2CCC4C3)=N1. The van der Waals surface area contributed by atoms with E-state index >= 15 is 0 Å². The molecule has 4 heteroatoms. The first-order chi connectivity index (χ1) is 8.75. The van der Waals surface area contributed by atoms with Crippen LogP contribution >= 0.6 is 11.8 Å². The first-order valence-electron chi connectivity index (χ1n) is 7.28. The molecule has 4 aliphatic rings. The Morgan fingerprint density at radius 1 is 1.17 bits per heavy atom. The van der Waals surface area contributed by atoms with Crippen LogP contribution in [0.15, 0.2) is 4.99 Å². The Morgan fingerprint density at radius 3 is 2.78 bits per heavy atom. The van der Waals surface area contributed by atoms with E-state index in [1.165, 1.54) is 44.9 Å². The van der Waals surface area contributed by atoms with Gasteiger partial charge in [0.05, 0.1) is 5.75 Å². The monoisotopic (exact) mass is 264 g/mol. The quantitative estimate of drug-likeness (QED) is 0.791. The highest BCUT2D eigenvalue weighted by atomic mass is 32.2. The van der Waals surface area contributed by atoms with E-state index in [4.69, 9.17) is 0 Å². The molecule has 0 radical (unpaired) electrons. The summed E-state index contributed by atoms with van der Waals surface area (Å²) in [5.74, 6) is 3.27. The van der Waals surface area contributed by atoms with Gasteiger partial charge in [0.15, 0.2) is 5.17 Å². The number of aliphatic imine (C=N–C) groups is 1. The summed E-state index contributed by atoms with van der Waals surface area (Å²) in [5.41, 5.74) is 0.292. The minimum Gasteiger partial charge on any atom is -0.359 e. The van der Waals surface area contributed by atoms with E-state index in [1.807, 2.05) is 0 Å². The van der Waals surface area contributed by atoms with Gasteiger partial charge in [-0.2, -0.15) is 4.99 Å². The lowest BCUT2D eigenvalue weighted by Crippen LogP contribution is -2.52. The van der Waals surface area contributed by atoms with Crippen molar-refractivity contribution in [2.45, 2.75) is 50.5 Å². The maximum atomic E-state index is 11.3. The van der Waals surface area contributed by atoms with Crippen LogP contribution < -0.4 is 5.32 Å². The van der Waals surface area contributed by atoms with E-state index in [2.05, 4.69) is 10.3 Å². The van der Waals surface area contributed by atoms with E-state index in [0.29, 0.717) is 11.3 Å². The van der Waals surface area contributed by atoms with Crippen molar-refractivity contribution in [3.63, 3.8) is 0 Å². The minimum atomic E-state index is 0.0345. The molecule has 0 spiro atoms. The summed E-state index contributed by atoms with van der Waals surface area (Å²) in [5, 5.41) is 4.63. The number of carbonyl (C=O) groups excluding carboxylic acids is 1. The normalized spacial score (nSPS) is 46.1. The molecule has 4 atom stereocenters. The smallest absolute Gasteiger partial charge is 0.258 e. The van der Waals surface area contributed by atoms with Gasteiger partial charge in [0.1, 0.15) is 0 Å². The average Bonchev–Trinajstić information content (AvgIpc) is 2.77. The zero-order valence-corrected chi connectivity index (χ0v) is 11.5. The van der Waals surface area contributed by atoms with Crippen molar-refractivity contribution in [1.82, 2.24) is 5.32 Å². The Bertz CT molecular complexity index is 420. The molecule has 3 bridgehead atoms. The molecule has 0 saturated heterocycles. The first-order valence-corrected chi connectivity index (χ1v) is 8.26. The molecule has 1 N–H and O–H groups in total. The van der Waals surface area contributed by atoms with Gasteiger partial charge in [-0.1, -0.05) is 24.6 Å². The lowest BCUT2D eigenvalue weighted by molar-refractivity contribution is -0.115. The first kappa shape index (κ1) is 11.3. The van der Waals surface area contributed by atoms with Gasteiger partial charge in [-0.05, 0) is 49.9 Å². The molecule has 3 fully saturated rings. The van der Waals surface area contributed by atoms with E-state index in [-0.39, 0.29) is 5.91 Å². The Labute approximate surface area is 112 Å². The van der Waals surface area contributed by atoms with Gasteiger partial charge in [-0.15, -0.1) is 0 Å². The van der Waals surface area contributed by atoms with Crippen LogP contribution in [-0.2, 0) is 4.79 Å². The second-order valence-electron chi connectivity index (χ2n) is 6.51. The Hall–Kier alpha value is -0.510. The number of fused-ring (bicyclic) bond motifs is 3. The van der Waals surface area contributed by atoms with Crippen LogP contribution in [0.25, 0.3) is 0 Å². The fraction of sp³-hybridized carbons (Fsp3) is 0.857. The summed E-state index contributed by atoms with van der Waals surface area (Å²) < 4.78 is 0. The van der Waals surface area contributed by atoms with Crippen LogP contribution in [-0.4, -0.2) is 22.4 Å². The highest BCUT2D eigenvalue weighted by Crippen LogP contribution is 2.56. The van der Waals surface area contributed by atoms with Gasteiger partial charge < -0.3 is 5.32 Å². The van der Waals surface area contributed by atoms with Crippen LogP contribution in [0.3, 0.4) is 0 Å². The molecular formula is C14H20N2OS. The molecule has 3 aliphatic carbocycles. The maximum Gasteiger partial charge on any atom is 0.258 e. The predicted octanol–water partition coefficient (Wildman–Crippen LogP) is 2.56. The molecule has 18 heavy (non-hydrogen) atoms. The van der Waals surface area contributed by atoms with E-state index in [9.17, 15) is 4.79 Å². The van der Waals surface area contributed by atoms with E-state index in [1.54, 1.807) is 11.8 Å². The highest BCUT2D eigenvalue weighted by Gasteiger charge is 2.54. The van der Waals surface area contributed by atoms with Crippen LogP contribution in [0.5, 0.6) is 0 Å². The molecule has 1 aliphatic heterocycles. The fourth-order valence-electron chi connectivity index (χ4n) is 4.89. The second-order valence-corrected chi connectivity index (χ2v) is 7.48. The lowest BCUT2D eigenvalue weighted by atomic mass is 9.70. The molecule has 0 aromatic heterocycles. The fourth-order valence-corrected chi connectivity index (χ4v) is 5.66. The third kappa shape index (κ3) is 1.64. The number of hydrogen-bond donors (Lipinski definition) is 1. The Kier molecular flexibility index (Phi) is 2.51. The number of carbonyl (C=O) groups is 1. The number of rotatable bonds is 1. The van der Waals surface area contributed by atoms with Gasteiger partial charge in [-0.25, -0.2) is 0 Å². The zero-order chi connectivity index (χ0) is 12.2. The van der Waals surface area contributed by atoms with Crippen LogP contribution in [0.1, 0.15) is 44.9 Å². The predicted molar refractivity (Wildman–Crippen MR) is 73.6 cm³/mol. The highest BCUT2D eigenvalue weighted by molar-refractivity contribution is 8.14. The summed E-state index contributed by atoms with van der Waals surface area (Å²) in [4.78, 5) is 15.4. The van der Waals surface area contributed by atoms with Crippen molar-refractivity contribution < 1.29 is 4.79 Å². The van der Waals surface area contributed by atoms with Crippen molar-refractivity contribution in [2.24, 2.45) is 22.7 Å². The molecule has 3 saturated carbocycles. The molecular weight excluding hydrogens is 244 g/mol. The Morgan fingerprint density at radius 2 is 2.00 bits per heavy atom.